The third-order valence-electron chi connectivity index (χ3n) is 4.42. The zero-order valence-electron chi connectivity index (χ0n) is 15.0. The number of carbonyl (C=O) groups excluding carboxylic acids is 1. The predicted octanol–water partition coefficient (Wildman–Crippen LogP) is 3.44. The van der Waals surface area contributed by atoms with E-state index in [-0.39, 0.29) is 18.0 Å². The molecule has 6 nitrogen and oxygen atoms in total. The number of alkyl halides is 2. The number of amides is 1. The fourth-order valence-corrected chi connectivity index (χ4v) is 2.60. The first-order chi connectivity index (χ1) is 12.0. The number of hydrogen-bond donors (Lipinski definition) is 2. The van der Waals surface area contributed by atoms with E-state index in [1.165, 1.54) is 6.92 Å². The predicted molar refractivity (Wildman–Crippen MR) is 92.4 cm³/mol. The first-order valence-corrected chi connectivity index (χ1v) is 8.00. The summed E-state index contributed by atoms with van der Waals surface area (Å²) in [6, 6.07) is 6.49. The first kappa shape index (κ1) is 19.6. The number of anilines is 1. The Balaban J connectivity index is 2.11. The van der Waals surface area contributed by atoms with Gasteiger partial charge in [-0.2, -0.15) is 13.9 Å². The van der Waals surface area contributed by atoms with E-state index in [1.807, 2.05) is 0 Å². The van der Waals surface area contributed by atoms with Crippen LogP contribution in [-0.4, -0.2) is 26.8 Å². The first-order valence-electron chi connectivity index (χ1n) is 8.00. The van der Waals surface area contributed by atoms with Crippen molar-refractivity contribution in [2.24, 2.45) is 0 Å². The molecule has 1 heterocycles. The van der Waals surface area contributed by atoms with E-state index in [1.54, 1.807) is 45.0 Å². The fourth-order valence-electron chi connectivity index (χ4n) is 2.60. The molecule has 0 aliphatic carbocycles. The maximum atomic E-state index is 12.9. The highest BCUT2D eigenvalue weighted by Gasteiger charge is 2.29. The largest absolute Gasteiger partial charge is 0.481 e. The number of aliphatic carboxylic acids is 1. The number of rotatable bonds is 6. The molecule has 2 rings (SSSR count). The van der Waals surface area contributed by atoms with Gasteiger partial charge < -0.3 is 10.4 Å². The lowest BCUT2D eigenvalue weighted by Gasteiger charge is -2.19. The summed E-state index contributed by atoms with van der Waals surface area (Å²) in [5.41, 5.74) is 1.17. The van der Waals surface area contributed by atoms with Crippen LogP contribution in [0.2, 0.25) is 0 Å². The van der Waals surface area contributed by atoms with Crippen LogP contribution in [0.25, 0.3) is 0 Å². The average molecular weight is 365 g/mol. The summed E-state index contributed by atoms with van der Waals surface area (Å²) in [6.45, 7) is 3.51. The molecule has 0 bridgehead atoms. The molecule has 1 aromatic carbocycles. The lowest BCUT2D eigenvalue weighted by molar-refractivity contribution is -0.142. The van der Waals surface area contributed by atoms with Crippen molar-refractivity contribution >= 4 is 17.6 Å². The van der Waals surface area contributed by atoms with Crippen molar-refractivity contribution in [2.75, 3.05) is 5.32 Å². The van der Waals surface area contributed by atoms with Crippen molar-refractivity contribution < 1.29 is 23.5 Å². The molecule has 0 atom stereocenters. The zero-order valence-corrected chi connectivity index (χ0v) is 15.0. The third kappa shape index (κ3) is 3.89. The second-order valence-electron chi connectivity index (χ2n) is 6.60. The molecule has 0 saturated carbocycles. The summed E-state index contributed by atoms with van der Waals surface area (Å²) >= 11 is 0. The summed E-state index contributed by atoms with van der Waals surface area (Å²) in [5.74, 6) is -1.31. The van der Waals surface area contributed by atoms with Gasteiger partial charge in [0, 0.05) is 16.9 Å². The number of carboxylic acids is 1. The number of aromatic nitrogens is 2. The highest BCUT2D eigenvalue weighted by Crippen LogP contribution is 2.25. The molecule has 0 spiro atoms. The Kier molecular flexibility index (Phi) is 5.44. The van der Waals surface area contributed by atoms with Gasteiger partial charge in [0.05, 0.1) is 17.5 Å². The van der Waals surface area contributed by atoms with Crippen LogP contribution in [0.4, 0.5) is 14.5 Å². The minimum Gasteiger partial charge on any atom is -0.481 e. The highest BCUT2D eigenvalue weighted by atomic mass is 19.3. The number of nitrogens with one attached hydrogen (secondary N) is 1. The molecule has 0 aliphatic rings. The van der Waals surface area contributed by atoms with Gasteiger partial charge >= 0.3 is 12.5 Å². The van der Waals surface area contributed by atoms with Crippen molar-refractivity contribution in [1.29, 1.82) is 0 Å². The van der Waals surface area contributed by atoms with E-state index in [4.69, 9.17) is 0 Å². The number of aryl methyl sites for hydroxylation is 1. The molecule has 0 fully saturated rings. The Morgan fingerprint density at radius 1 is 1.23 bits per heavy atom. The van der Waals surface area contributed by atoms with Gasteiger partial charge in [-0.3, -0.25) is 9.59 Å². The van der Waals surface area contributed by atoms with Gasteiger partial charge in [-0.25, -0.2) is 4.68 Å². The lowest BCUT2D eigenvalue weighted by atomic mass is 9.85. The Labute approximate surface area is 149 Å². The molecule has 1 aromatic heterocycles. The summed E-state index contributed by atoms with van der Waals surface area (Å²) in [5, 5.41) is 15.7. The molecule has 2 N–H and O–H groups in total. The summed E-state index contributed by atoms with van der Waals surface area (Å²) in [6.07, 6.45) is -0.0766. The van der Waals surface area contributed by atoms with Crippen LogP contribution in [0.3, 0.4) is 0 Å². The summed E-state index contributed by atoms with van der Waals surface area (Å²) < 4.78 is 26.3. The van der Waals surface area contributed by atoms with Gasteiger partial charge in [-0.1, -0.05) is 12.1 Å². The molecule has 1 amide bonds. The van der Waals surface area contributed by atoms with Gasteiger partial charge in [0.25, 0.3) is 0 Å². The van der Waals surface area contributed by atoms with Crippen LogP contribution in [0.1, 0.15) is 42.9 Å². The number of benzene rings is 1. The van der Waals surface area contributed by atoms with E-state index in [2.05, 4.69) is 10.4 Å². The highest BCUT2D eigenvalue weighted by molar-refractivity contribution is 5.92. The summed E-state index contributed by atoms with van der Waals surface area (Å²) in [4.78, 5) is 23.5. The molecule has 2 aromatic rings. The van der Waals surface area contributed by atoms with Crippen molar-refractivity contribution in [3.63, 3.8) is 0 Å². The Morgan fingerprint density at radius 3 is 2.27 bits per heavy atom. The molecule has 0 saturated heterocycles. The maximum absolute atomic E-state index is 12.9. The van der Waals surface area contributed by atoms with Crippen LogP contribution < -0.4 is 5.32 Å². The third-order valence-corrected chi connectivity index (χ3v) is 4.42. The molecule has 0 radical (unpaired) electrons. The van der Waals surface area contributed by atoms with E-state index in [0.29, 0.717) is 27.2 Å². The summed E-state index contributed by atoms with van der Waals surface area (Å²) in [7, 11) is 0. The smallest absolute Gasteiger partial charge is 0.333 e. The minimum absolute atomic E-state index is 0.0766. The Bertz CT molecular complexity index is 827. The molecular weight excluding hydrogens is 344 g/mol. The van der Waals surface area contributed by atoms with Crippen LogP contribution in [0.15, 0.2) is 24.3 Å². The van der Waals surface area contributed by atoms with Crippen LogP contribution in [0.5, 0.6) is 0 Å². The second kappa shape index (κ2) is 7.23. The van der Waals surface area contributed by atoms with Gasteiger partial charge in [0.2, 0.25) is 5.91 Å². The lowest BCUT2D eigenvalue weighted by Crippen LogP contribution is -2.28. The monoisotopic (exact) mass is 365 g/mol. The Hall–Kier alpha value is -2.77. The van der Waals surface area contributed by atoms with E-state index >= 15 is 0 Å². The second-order valence-corrected chi connectivity index (χ2v) is 6.60. The van der Waals surface area contributed by atoms with Gasteiger partial charge in [0.1, 0.15) is 0 Å². The van der Waals surface area contributed by atoms with Crippen molar-refractivity contribution in [3.8, 4) is 0 Å². The van der Waals surface area contributed by atoms with Crippen molar-refractivity contribution in [2.45, 2.75) is 46.1 Å². The number of hydrogen-bond acceptors (Lipinski definition) is 3. The van der Waals surface area contributed by atoms with Gasteiger partial charge in [0.15, 0.2) is 0 Å². The number of carboxylic acid groups (broad SMARTS) is 1. The average Bonchev–Trinajstić information content (AvgIpc) is 2.83. The molecule has 0 aliphatic heterocycles. The Morgan fingerprint density at radius 2 is 1.81 bits per heavy atom. The van der Waals surface area contributed by atoms with E-state index < -0.39 is 17.9 Å². The molecule has 26 heavy (non-hydrogen) atoms. The number of carbonyl (C=O) groups is 2. The van der Waals surface area contributed by atoms with Crippen molar-refractivity contribution in [3.05, 3.63) is 46.8 Å². The van der Waals surface area contributed by atoms with Crippen LogP contribution in [-0.2, 0) is 21.4 Å². The normalized spacial score (nSPS) is 11.7. The zero-order chi connectivity index (χ0) is 19.6. The number of halogens is 2. The van der Waals surface area contributed by atoms with Crippen LogP contribution >= 0.6 is 0 Å². The fraction of sp³-hybridized carbons (Fsp3) is 0.389. The number of nitrogens with zero attached hydrogens (tertiary/aromatic N) is 2. The maximum Gasteiger partial charge on any atom is 0.333 e. The molecule has 0 unspecified atom stereocenters. The van der Waals surface area contributed by atoms with Crippen molar-refractivity contribution in [1.82, 2.24) is 9.78 Å². The van der Waals surface area contributed by atoms with E-state index in [9.17, 15) is 23.5 Å². The molecule has 140 valence electrons. The molecule has 8 heteroatoms. The van der Waals surface area contributed by atoms with Gasteiger partial charge in [-0.15, -0.1) is 0 Å². The van der Waals surface area contributed by atoms with E-state index in [0.717, 1.165) is 0 Å². The van der Waals surface area contributed by atoms with Crippen LogP contribution in [0, 0.1) is 13.8 Å². The minimum atomic E-state index is -2.75. The van der Waals surface area contributed by atoms with Gasteiger partial charge in [-0.05, 0) is 45.4 Å². The topological polar surface area (TPSA) is 84.2 Å². The molecular formula is C18H21F2N3O3. The standard InChI is InChI=1S/C18H21F2N3O3/c1-10-14(11(2)23(22-10)17(19)20)9-15(24)21-13-7-5-12(6-8-13)18(3,4)16(25)26/h5-8,17H,9H2,1-4H3,(H,21,24)(H,25,26). The quantitative estimate of drug-likeness (QED) is 0.821. The SMILES string of the molecule is Cc1nn(C(F)F)c(C)c1CC(=O)Nc1ccc(C(C)(C)C(=O)O)cc1.